The molecule has 0 radical (unpaired) electrons. The smallest absolute Gasteiger partial charge is 0.239 e. The molecule has 18 heavy (non-hydrogen) atoms. The molecule has 0 aliphatic heterocycles. The Bertz CT molecular complexity index is 508. The average molecular weight is 268 g/mol. The summed E-state index contributed by atoms with van der Waals surface area (Å²) in [4.78, 5) is 4.21. The number of nitrogens with zero attached hydrogens (tertiary/aromatic N) is 6. The molecule has 98 valence electrons. The van der Waals surface area contributed by atoms with Gasteiger partial charge in [0.15, 0.2) is 5.82 Å². The van der Waals surface area contributed by atoms with E-state index in [1.54, 1.807) is 11.6 Å². The van der Waals surface area contributed by atoms with Crippen LogP contribution in [0, 0.1) is 12.8 Å². The summed E-state index contributed by atoms with van der Waals surface area (Å²) in [6, 6.07) is 0. The van der Waals surface area contributed by atoms with Crippen molar-refractivity contribution in [1.29, 1.82) is 0 Å². The number of tetrazole rings is 1. The molecular formula is C10H16N6OS. The molecule has 0 spiro atoms. The van der Waals surface area contributed by atoms with Gasteiger partial charge in [0.1, 0.15) is 0 Å². The van der Waals surface area contributed by atoms with E-state index < -0.39 is 0 Å². The van der Waals surface area contributed by atoms with Gasteiger partial charge in [0, 0.05) is 6.54 Å². The lowest BCUT2D eigenvalue weighted by Gasteiger charge is -2.08. The van der Waals surface area contributed by atoms with E-state index in [2.05, 4.69) is 39.5 Å². The van der Waals surface area contributed by atoms with Gasteiger partial charge in [-0.05, 0) is 30.2 Å². The van der Waals surface area contributed by atoms with Crippen LogP contribution < -0.4 is 0 Å². The molecule has 0 aromatic carbocycles. The van der Waals surface area contributed by atoms with E-state index >= 15 is 0 Å². The van der Waals surface area contributed by atoms with Crippen LogP contribution in [0.3, 0.4) is 0 Å². The van der Waals surface area contributed by atoms with Crippen LogP contribution in [0.1, 0.15) is 37.7 Å². The normalized spacial score (nSPS) is 13.2. The molecule has 2 rings (SSSR count). The molecule has 0 saturated heterocycles. The molecule has 0 bridgehead atoms. The predicted molar refractivity (Wildman–Crippen MR) is 66.0 cm³/mol. The van der Waals surface area contributed by atoms with Gasteiger partial charge in [0.05, 0.1) is 5.25 Å². The zero-order valence-electron chi connectivity index (χ0n) is 10.9. The van der Waals surface area contributed by atoms with Crippen molar-refractivity contribution in [3.05, 3.63) is 11.7 Å². The highest BCUT2D eigenvalue weighted by molar-refractivity contribution is 7.99. The van der Waals surface area contributed by atoms with Crippen LogP contribution >= 0.6 is 11.8 Å². The Labute approximate surface area is 109 Å². The van der Waals surface area contributed by atoms with Crippen LogP contribution in [0.2, 0.25) is 0 Å². The fraction of sp³-hybridized carbons (Fsp3) is 0.700. The summed E-state index contributed by atoms with van der Waals surface area (Å²) >= 11 is 1.52. The highest BCUT2D eigenvalue weighted by atomic mass is 32.2. The van der Waals surface area contributed by atoms with E-state index in [0.717, 1.165) is 11.7 Å². The van der Waals surface area contributed by atoms with Crippen LogP contribution in [0.4, 0.5) is 0 Å². The van der Waals surface area contributed by atoms with E-state index in [1.165, 1.54) is 11.8 Å². The molecule has 1 unspecified atom stereocenters. The molecule has 2 aromatic heterocycles. The van der Waals surface area contributed by atoms with Gasteiger partial charge in [-0.3, -0.25) is 0 Å². The van der Waals surface area contributed by atoms with Crippen LogP contribution in [-0.2, 0) is 6.54 Å². The van der Waals surface area contributed by atoms with E-state index in [4.69, 9.17) is 4.52 Å². The maximum absolute atomic E-state index is 5.14. The van der Waals surface area contributed by atoms with Gasteiger partial charge in [-0.2, -0.15) is 4.98 Å². The van der Waals surface area contributed by atoms with Gasteiger partial charge in [-0.1, -0.05) is 30.8 Å². The first-order chi connectivity index (χ1) is 8.56. The number of hydrogen-bond acceptors (Lipinski definition) is 7. The monoisotopic (exact) mass is 268 g/mol. The van der Waals surface area contributed by atoms with Crippen molar-refractivity contribution in [2.75, 3.05) is 0 Å². The quantitative estimate of drug-likeness (QED) is 0.765. The minimum atomic E-state index is 0.0307. The second kappa shape index (κ2) is 5.47. The topological polar surface area (TPSA) is 82.5 Å². The average Bonchev–Trinajstić information content (AvgIpc) is 2.88. The highest BCUT2D eigenvalue weighted by Crippen LogP contribution is 2.32. The molecule has 0 saturated carbocycles. The van der Waals surface area contributed by atoms with E-state index in [-0.39, 0.29) is 5.25 Å². The summed E-state index contributed by atoms with van der Waals surface area (Å²) < 4.78 is 6.94. The number of aryl methyl sites for hydroxylation is 1. The molecule has 0 N–H and O–H groups in total. The summed E-state index contributed by atoms with van der Waals surface area (Å²) in [6.07, 6.45) is 0. The number of rotatable bonds is 5. The third kappa shape index (κ3) is 3.06. The minimum Gasteiger partial charge on any atom is -0.338 e. The zero-order valence-corrected chi connectivity index (χ0v) is 11.7. The Hall–Kier alpha value is -1.44. The second-order valence-electron chi connectivity index (χ2n) is 4.48. The van der Waals surface area contributed by atoms with Crippen LogP contribution in [0.5, 0.6) is 0 Å². The van der Waals surface area contributed by atoms with E-state index in [9.17, 15) is 0 Å². The molecule has 0 aliphatic carbocycles. The lowest BCUT2D eigenvalue weighted by molar-refractivity contribution is 0.376. The first kappa shape index (κ1) is 13.0. The van der Waals surface area contributed by atoms with Gasteiger partial charge in [0.25, 0.3) is 0 Å². The zero-order chi connectivity index (χ0) is 13.1. The summed E-state index contributed by atoms with van der Waals surface area (Å²) in [5.41, 5.74) is 0. The molecular weight excluding hydrogens is 252 g/mol. The fourth-order valence-electron chi connectivity index (χ4n) is 1.43. The predicted octanol–water partition coefficient (Wildman–Crippen LogP) is 1.87. The fourth-order valence-corrected chi connectivity index (χ4v) is 2.26. The molecule has 0 fully saturated rings. The third-order valence-electron chi connectivity index (χ3n) is 2.21. The molecule has 1 atom stereocenters. The summed E-state index contributed by atoms with van der Waals surface area (Å²) in [5, 5.41) is 16.3. The lowest BCUT2D eigenvalue weighted by Crippen LogP contribution is -2.08. The molecule has 0 aliphatic rings. The lowest BCUT2D eigenvalue weighted by atomic mass is 10.2. The summed E-state index contributed by atoms with van der Waals surface area (Å²) in [6.45, 7) is 8.84. The summed E-state index contributed by atoms with van der Waals surface area (Å²) in [7, 11) is 0. The Balaban J connectivity index is 2.07. The molecule has 2 aromatic rings. The number of aromatic nitrogens is 6. The SMILES string of the molecule is Cc1noc(C(C)Sc2nnnn2CC(C)C)n1. The third-order valence-corrected chi connectivity index (χ3v) is 3.27. The van der Waals surface area contributed by atoms with Crippen molar-refractivity contribution in [1.82, 2.24) is 30.3 Å². The van der Waals surface area contributed by atoms with Gasteiger partial charge >= 0.3 is 0 Å². The van der Waals surface area contributed by atoms with Crippen LogP contribution in [-0.4, -0.2) is 30.3 Å². The molecule has 0 amide bonds. The van der Waals surface area contributed by atoms with E-state index in [0.29, 0.717) is 17.6 Å². The maximum Gasteiger partial charge on any atom is 0.239 e. The van der Waals surface area contributed by atoms with Crippen molar-refractivity contribution < 1.29 is 4.52 Å². The van der Waals surface area contributed by atoms with Crippen LogP contribution in [0.15, 0.2) is 9.68 Å². The first-order valence-corrected chi connectivity index (χ1v) is 6.67. The Morgan fingerprint density at radius 2 is 2.11 bits per heavy atom. The number of thioether (sulfide) groups is 1. The first-order valence-electron chi connectivity index (χ1n) is 5.79. The Morgan fingerprint density at radius 1 is 1.33 bits per heavy atom. The van der Waals surface area contributed by atoms with Crippen molar-refractivity contribution in [3.63, 3.8) is 0 Å². The Kier molecular flexibility index (Phi) is 3.95. The van der Waals surface area contributed by atoms with Gasteiger partial charge in [0.2, 0.25) is 11.0 Å². The van der Waals surface area contributed by atoms with Crippen molar-refractivity contribution in [2.45, 2.75) is 44.6 Å². The van der Waals surface area contributed by atoms with Gasteiger partial charge < -0.3 is 4.52 Å². The summed E-state index contributed by atoms with van der Waals surface area (Å²) in [5.74, 6) is 1.73. The van der Waals surface area contributed by atoms with Crippen LogP contribution in [0.25, 0.3) is 0 Å². The standard InChI is InChI=1S/C10H16N6OS/c1-6(2)5-16-10(12-14-15-16)18-7(3)9-11-8(4)13-17-9/h6-7H,5H2,1-4H3. The Morgan fingerprint density at radius 3 is 2.72 bits per heavy atom. The molecule has 2 heterocycles. The molecule has 8 heteroatoms. The second-order valence-corrected chi connectivity index (χ2v) is 5.79. The molecule has 7 nitrogen and oxygen atoms in total. The largest absolute Gasteiger partial charge is 0.338 e. The van der Waals surface area contributed by atoms with Crippen molar-refractivity contribution in [2.24, 2.45) is 5.92 Å². The van der Waals surface area contributed by atoms with Gasteiger partial charge in [-0.25, -0.2) is 4.68 Å². The maximum atomic E-state index is 5.14. The minimum absolute atomic E-state index is 0.0307. The van der Waals surface area contributed by atoms with E-state index in [1.807, 2.05) is 6.92 Å². The highest BCUT2D eigenvalue weighted by Gasteiger charge is 2.18. The number of hydrogen-bond donors (Lipinski definition) is 0. The van der Waals surface area contributed by atoms with Crippen molar-refractivity contribution >= 4 is 11.8 Å². The van der Waals surface area contributed by atoms with Crippen molar-refractivity contribution in [3.8, 4) is 0 Å². The van der Waals surface area contributed by atoms with Gasteiger partial charge in [-0.15, -0.1) is 5.10 Å².